The molecule has 2 aromatic rings. The fraction of sp³-hybridized carbons (Fsp3) is 0.476. The topological polar surface area (TPSA) is 150 Å². The van der Waals surface area contributed by atoms with Crippen molar-refractivity contribution in [1.82, 2.24) is 19.6 Å². The van der Waals surface area contributed by atoms with E-state index in [1.165, 1.54) is 47.8 Å². The lowest BCUT2D eigenvalue weighted by molar-refractivity contribution is -0.138. The molecule has 4 fully saturated rings. The van der Waals surface area contributed by atoms with E-state index in [1.54, 1.807) is 0 Å². The number of nitrogens with zero attached hydrogens (tertiary/aromatic N) is 4. The van der Waals surface area contributed by atoms with Crippen molar-refractivity contribution in [2.45, 2.75) is 108 Å². The largest absolute Gasteiger partial charge is 0.286 e. The zero-order valence-electron chi connectivity index (χ0n) is 33.4. The number of rotatable bonds is 0. The third kappa shape index (κ3) is 30.8. The van der Waals surface area contributed by atoms with E-state index in [4.69, 9.17) is 0 Å². The van der Waals surface area contributed by atoms with Crippen LogP contribution in [0.2, 0.25) is 0 Å². The highest BCUT2D eigenvalue weighted by molar-refractivity contribution is 6.03. The van der Waals surface area contributed by atoms with Crippen molar-refractivity contribution in [3.8, 4) is 12.8 Å². The summed E-state index contributed by atoms with van der Waals surface area (Å²) >= 11 is 0. The third-order valence-corrected chi connectivity index (χ3v) is 6.54. The Kier molecular flexibility index (Phi) is 50.5. The SMILES string of the molecule is C.C.C#C.CC.CC.CC.CN1C(=O)CCC1=O.CN1C(=O)CCC1=O.CN1C(=O)CCC1=O.CN1C(=O)CCC1=O.[B].c1ccccc1.c1ccccc1. The smallest absolute Gasteiger partial charge is 0.229 e. The third-order valence-electron chi connectivity index (χ3n) is 6.54. The van der Waals surface area contributed by atoms with Crippen LogP contribution in [0.3, 0.4) is 0 Å². The first-order chi connectivity index (χ1) is 24.9. The molecule has 4 aliphatic rings. The van der Waals surface area contributed by atoms with Crippen molar-refractivity contribution in [2.24, 2.45) is 0 Å². The van der Waals surface area contributed by atoms with Crippen molar-refractivity contribution in [3.63, 3.8) is 0 Å². The standard InChI is InChI=1S/2C6H6.4C5H7NO2.3C2H6.C2H2.2CH4.B/c2*1-2-4-6-5-3-1;4*1-6-4(7)2-3-5(6)8;4*1-2;;;/h2*1-6H;4*2-3H2,1H3;3*1-2H3;1-2H;2*1H4;. The summed E-state index contributed by atoms with van der Waals surface area (Å²) in [5.74, 6) is -0.481. The molecule has 0 atom stereocenters. The van der Waals surface area contributed by atoms with Crippen LogP contribution >= 0.6 is 0 Å². The minimum atomic E-state index is -0.0602. The van der Waals surface area contributed by atoms with E-state index in [0.29, 0.717) is 51.4 Å². The van der Waals surface area contributed by atoms with Crippen LogP contribution in [0.25, 0.3) is 0 Å². The Labute approximate surface area is 334 Å². The van der Waals surface area contributed by atoms with Crippen LogP contribution in [0.4, 0.5) is 0 Å². The molecule has 12 nitrogen and oxygen atoms in total. The Morgan fingerprint density at radius 2 is 0.382 bits per heavy atom. The highest BCUT2D eigenvalue weighted by Gasteiger charge is 2.26. The monoisotopic (exact) mass is 768 g/mol. The van der Waals surface area contributed by atoms with Crippen LogP contribution in [-0.4, -0.2) is 103 Å². The van der Waals surface area contributed by atoms with Gasteiger partial charge in [-0.1, -0.05) is 129 Å². The second kappa shape index (κ2) is 43.0. The van der Waals surface area contributed by atoms with Crippen LogP contribution in [-0.2, 0) is 38.4 Å². The molecule has 0 unspecified atom stereocenters. The Hall–Kier alpha value is -5.38. The van der Waals surface area contributed by atoms with Crippen molar-refractivity contribution in [3.05, 3.63) is 72.8 Å². The molecule has 3 radical (unpaired) electrons. The minimum Gasteiger partial charge on any atom is -0.286 e. The normalized spacial score (nSPS) is 14.0. The summed E-state index contributed by atoms with van der Waals surface area (Å²) in [4.78, 5) is 88.6. The Morgan fingerprint density at radius 3 is 0.418 bits per heavy atom. The predicted octanol–water partition coefficient (Wildman–Crippen LogP) is 6.65. The molecular formula is C42H68BN4O8. The Morgan fingerprint density at radius 1 is 0.309 bits per heavy atom. The zero-order valence-corrected chi connectivity index (χ0v) is 33.4. The number of hydrogen-bond acceptors (Lipinski definition) is 8. The van der Waals surface area contributed by atoms with Gasteiger partial charge in [-0.2, -0.15) is 0 Å². The van der Waals surface area contributed by atoms with E-state index in [1.807, 2.05) is 114 Å². The molecule has 13 heteroatoms. The molecule has 4 heterocycles. The molecule has 0 spiro atoms. The van der Waals surface area contributed by atoms with Gasteiger partial charge in [0, 0.05) is 88.0 Å². The van der Waals surface area contributed by atoms with Gasteiger partial charge in [0.15, 0.2) is 0 Å². The number of terminal acetylenes is 1. The first-order valence-electron chi connectivity index (χ1n) is 17.4. The molecule has 0 aromatic heterocycles. The lowest BCUT2D eigenvalue weighted by Crippen LogP contribution is -2.23. The van der Waals surface area contributed by atoms with Gasteiger partial charge in [0.05, 0.1) is 0 Å². The summed E-state index contributed by atoms with van der Waals surface area (Å²) in [6.07, 6.45) is 11.2. The summed E-state index contributed by atoms with van der Waals surface area (Å²) < 4.78 is 0. The average molecular weight is 768 g/mol. The summed E-state index contributed by atoms with van der Waals surface area (Å²) in [7, 11) is 6.05. The Balaban J connectivity index is -0.0000000961. The van der Waals surface area contributed by atoms with E-state index in [0.717, 1.165) is 0 Å². The maximum absolute atomic E-state index is 10.5. The van der Waals surface area contributed by atoms with Gasteiger partial charge in [0.1, 0.15) is 0 Å². The molecule has 0 saturated carbocycles. The molecule has 55 heavy (non-hydrogen) atoms. The zero-order chi connectivity index (χ0) is 41.1. The number of hydrogen-bond donors (Lipinski definition) is 0. The van der Waals surface area contributed by atoms with E-state index in [2.05, 4.69) is 12.8 Å². The van der Waals surface area contributed by atoms with Crippen LogP contribution in [0.15, 0.2) is 72.8 Å². The number of benzene rings is 2. The van der Waals surface area contributed by atoms with Gasteiger partial charge in [-0.15, -0.1) is 12.8 Å². The molecule has 0 bridgehead atoms. The lowest BCUT2D eigenvalue weighted by Gasteiger charge is -2.01. The fourth-order valence-electron chi connectivity index (χ4n) is 3.52. The highest BCUT2D eigenvalue weighted by Crippen LogP contribution is 2.09. The summed E-state index contributed by atoms with van der Waals surface area (Å²) in [5, 5.41) is 0. The van der Waals surface area contributed by atoms with Gasteiger partial charge < -0.3 is 0 Å². The summed E-state index contributed by atoms with van der Waals surface area (Å²) in [6, 6.07) is 24.0. The van der Waals surface area contributed by atoms with Crippen molar-refractivity contribution >= 4 is 55.7 Å². The molecule has 307 valence electrons. The maximum atomic E-state index is 10.5. The molecule has 0 aliphatic carbocycles. The molecule has 4 saturated heterocycles. The second-order valence-corrected chi connectivity index (χ2v) is 9.70. The fourth-order valence-corrected chi connectivity index (χ4v) is 3.52. The van der Waals surface area contributed by atoms with E-state index < -0.39 is 0 Å². The second-order valence-electron chi connectivity index (χ2n) is 9.70. The van der Waals surface area contributed by atoms with Crippen molar-refractivity contribution in [1.29, 1.82) is 0 Å². The lowest BCUT2D eigenvalue weighted by atomic mass is 10.4. The van der Waals surface area contributed by atoms with Gasteiger partial charge in [0.2, 0.25) is 47.3 Å². The van der Waals surface area contributed by atoms with Crippen molar-refractivity contribution < 1.29 is 38.4 Å². The van der Waals surface area contributed by atoms with Gasteiger partial charge in [0.25, 0.3) is 0 Å². The van der Waals surface area contributed by atoms with E-state index in [9.17, 15) is 38.4 Å². The summed E-state index contributed by atoms with van der Waals surface area (Å²) in [5.41, 5.74) is 0. The number of carbonyl (C=O) groups excluding carboxylic acids is 8. The molecule has 0 N–H and O–H groups in total. The van der Waals surface area contributed by atoms with E-state index >= 15 is 0 Å². The number of imide groups is 4. The number of carbonyl (C=O) groups is 8. The minimum absolute atomic E-state index is 0. The first-order valence-corrected chi connectivity index (χ1v) is 17.4. The average Bonchev–Trinajstić information content (AvgIpc) is 3.89. The van der Waals surface area contributed by atoms with Crippen LogP contribution in [0, 0.1) is 12.8 Å². The molecular weight excluding hydrogens is 699 g/mol. The van der Waals surface area contributed by atoms with Crippen LogP contribution in [0.5, 0.6) is 0 Å². The van der Waals surface area contributed by atoms with Gasteiger partial charge in [-0.05, 0) is 0 Å². The number of amides is 8. The quantitative estimate of drug-likeness (QED) is 0.164. The summed E-state index contributed by atoms with van der Waals surface area (Å²) in [6.45, 7) is 12.0. The predicted molar refractivity (Wildman–Crippen MR) is 224 cm³/mol. The molecule has 4 aliphatic heterocycles. The van der Waals surface area contributed by atoms with Gasteiger partial charge in [-0.25, -0.2) is 0 Å². The molecule has 2 aromatic carbocycles. The van der Waals surface area contributed by atoms with Gasteiger partial charge in [-0.3, -0.25) is 58.0 Å². The highest BCUT2D eigenvalue weighted by atomic mass is 16.2. The maximum Gasteiger partial charge on any atom is 0.229 e. The number of likely N-dealkylation sites (tertiary alicyclic amines) is 4. The Bertz CT molecular complexity index is 1050. The van der Waals surface area contributed by atoms with E-state index in [-0.39, 0.29) is 70.5 Å². The molecule has 8 amide bonds. The molecule has 6 rings (SSSR count). The van der Waals surface area contributed by atoms with Crippen LogP contribution in [0.1, 0.15) is 108 Å². The van der Waals surface area contributed by atoms with Gasteiger partial charge >= 0.3 is 0 Å². The van der Waals surface area contributed by atoms with Crippen molar-refractivity contribution in [2.75, 3.05) is 28.2 Å². The van der Waals surface area contributed by atoms with Crippen LogP contribution < -0.4 is 0 Å². The first kappa shape index (κ1) is 64.6.